The predicted molar refractivity (Wildman–Crippen MR) is 61.1 cm³/mol. The summed E-state index contributed by atoms with van der Waals surface area (Å²) in [5.74, 6) is 0. The van der Waals surface area contributed by atoms with Gasteiger partial charge in [-0.25, -0.2) is 0 Å². The van der Waals surface area contributed by atoms with E-state index in [1.165, 1.54) is 5.57 Å². The lowest BCUT2D eigenvalue weighted by Crippen LogP contribution is -1.88. The van der Waals surface area contributed by atoms with Crippen molar-refractivity contribution in [1.29, 1.82) is 0 Å². The summed E-state index contributed by atoms with van der Waals surface area (Å²) < 4.78 is 0. The van der Waals surface area contributed by atoms with Gasteiger partial charge in [0.15, 0.2) is 0 Å². The van der Waals surface area contributed by atoms with Gasteiger partial charge >= 0.3 is 0 Å². The molecule has 0 saturated heterocycles. The quantitative estimate of drug-likeness (QED) is 0.456. The van der Waals surface area contributed by atoms with Crippen LogP contribution < -0.4 is 0 Å². The summed E-state index contributed by atoms with van der Waals surface area (Å²) in [4.78, 5) is 4.29. The molecular weight excluding hydrogens is 158 g/mol. The van der Waals surface area contributed by atoms with E-state index in [1.54, 1.807) is 0 Å². The molecule has 0 amide bonds. The summed E-state index contributed by atoms with van der Waals surface area (Å²) >= 11 is 0. The third kappa shape index (κ3) is 6.09. The van der Waals surface area contributed by atoms with Crippen molar-refractivity contribution in [3.05, 3.63) is 36.1 Å². The molecule has 1 nitrogen and oxygen atoms in total. The standard InChI is InChI=1S/C12H19N/c1-5-10-13-12(7-3)9-8-11(4)6-2/h5-6,8-10H,7H2,1-4H3/b9-8-,10-5-,11-6-,13-12-. The third-order valence-electron chi connectivity index (χ3n) is 1.75. The zero-order valence-electron chi connectivity index (χ0n) is 9.04. The van der Waals surface area contributed by atoms with Gasteiger partial charge in [0.25, 0.3) is 0 Å². The molecule has 0 atom stereocenters. The van der Waals surface area contributed by atoms with E-state index in [0.717, 1.165) is 12.1 Å². The monoisotopic (exact) mass is 177 g/mol. The first-order valence-corrected chi connectivity index (χ1v) is 4.73. The van der Waals surface area contributed by atoms with Gasteiger partial charge in [-0.05, 0) is 33.3 Å². The van der Waals surface area contributed by atoms with Crippen LogP contribution in [0.4, 0.5) is 0 Å². The van der Waals surface area contributed by atoms with E-state index in [9.17, 15) is 0 Å². The van der Waals surface area contributed by atoms with Gasteiger partial charge in [-0.15, -0.1) is 0 Å². The van der Waals surface area contributed by atoms with E-state index in [-0.39, 0.29) is 0 Å². The Bertz CT molecular complexity index is 242. The van der Waals surface area contributed by atoms with E-state index in [0.29, 0.717) is 0 Å². The molecule has 72 valence electrons. The number of nitrogens with zero attached hydrogens (tertiary/aromatic N) is 1. The SMILES string of the molecule is C\C=C/N=C(\C=C/C(C)=C\C)CC. The Kier molecular flexibility index (Phi) is 6.89. The van der Waals surface area contributed by atoms with Crippen molar-refractivity contribution in [2.75, 3.05) is 0 Å². The largest absolute Gasteiger partial charge is 0.262 e. The second-order valence-electron chi connectivity index (χ2n) is 2.82. The van der Waals surface area contributed by atoms with Gasteiger partial charge in [-0.1, -0.05) is 30.7 Å². The number of aliphatic imine (C=N–C) groups is 1. The van der Waals surface area contributed by atoms with E-state index >= 15 is 0 Å². The van der Waals surface area contributed by atoms with E-state index in [4.69, 9.17) is 0 Å². The molecule has 0 aliphatic carbocycles. The highest BCUT2D eigenvalue weighted by molar-refractivity contribution is 5.95. The number of hydrogen-bond donors (Lipinski definition) is 0. The van der Waals surface area contributed by atoms with Crippen molar-refractivity contribution in [2.45, 2.75) is 34.1 Å². The molecule has 0 aliphatic rings. The zero-order chi connectivity index (χ0) is 10.1. The fraction of sp³-hybridized carbons (Fsp3) is 0.417. The minimum Gasteiger partial charge on any atom is -0.262 e. The Morgan fingerprint density at radius 3 is 2.38 bits per heavy atom. The van der Waals surface area contributed by atoms with Crippen molar-refractivity contribution >= 4 is 5.71 Å². The molecule has 0 unspecified atom stereocenters. The van der Waals surface area contributed by atoms with Gasteiger partial charge in [0.05, 0.1) is 0 Å². The highest BCUT2D eigenvalue weighted by Crippen LogP contribution is 1.97. The highest BCUT2D eigenvalue weighted by Gasteiger charge is 1.86. The smallest absolute Gasteiger partial charge is 0.0400 e. The van der Waals surface area contributed by atoms with Crippen molar-refractivity contribution in [3.8, 4) is 0 Å². The second kappa shape index (κ2) is 7.53. The minimum atomic E-state index is 0.970. The second-order valence-corrected chi connectivity index (χ2v) is 2.82. The van der Waals surface area contributed by atoms with Crippen LogP contribution in [0.1, 0.15) is 34.1 Å². The average molecular weight is 177 g/mol. The van der Waals surface area contributed by atoms with Gasteiger partial charge in [-0.3, -0.25) is 4.99 Å². The van der Waals surface area contributed by atoms with Crippen molar-refractivity contribution in [2.24, 2.45) is 4.99 Å². The summed E-state index contributed by atoms with van der Waals surface area (Å²) in [5.41, 5.74) is 2.38. The zero-order valence-corrected chi connectivity index (χ0v) is 9.04. The summed E-state index contributed by atoms with van der Waals surface area (Å²) in [6.07, 6.45) is 11.0. The van der Waals surface area contributed by atoms with Gasteiger partial charge in [0, 0.05) is 11.9 Å². The van der Waals surface area contributed by atoms with E-state index < -0.39 is 0 Å². The van der Waals surface area contributed by atoms with Crippen molar-refractivity contribution < 1.29 is 0 Å². The topological polar surface area (TPSA) is 12.4 Å². The normalized spacial score (nSPS) is 14.8. The van der Waals surface area contributed by atoms with Crippen LogP contribution in [0.2, 0.25) is 0 Å². The number of allylic oxidation sites excluding steroid dienone is 5. The molecular formula is C12H19N. The lowest BCUT2D eigenvalue weighted by molar-refractivity contribution is 1.27. The summed E-state index contributed by atoms with van der Waals surface area (Å²) in [5, 5.41) is 0. The Morgan fingerprint density at radius 2 is 1.92 bits per heavy atom. The van der Waals surface area contributed by atoms with Gasteiger partial charge < -0.3 is 0 Å². The Labute approximate surface area is 81.6 Å². The molecule has 0 spiro atoms. The van der Waals surface area contributed by atoms with Crippen LogP contribution in [-0.4, -0.2) is 5.71 Å². The molecule has 0 bridgehead atoms. The number of rotatable bonds is 4. The maximum atomic E-state index is 4.29. The highest BCUT2D eigenvalue weighted by atomic mass is 14.7. The molecule has 0 N–H and O–H groups in total. The van der Waals surface area contributed by atoms with Crippen molar-refractivity contribution in [1.82, 2.24) is 0 Å². The molecule has 0 saturated carbocycles. The molecule has 0 aromatic heterocycles. The van der Waals surface area contributed by atoms with Crippen LogP contribution in [0.25, 0.3) is 0 Å². The fourth-order valence-electron chi connectivity index (χ4n) is 0.746. The molecule has 0 aliphatic heterocycles. The Morgan fingerprint density at radius 1 is 1.23 bits per heavy atom. The number of hydrogen-bond acceptors (Lipinski definition) is 1. The first-order valence-electron chi connectivity index (χ1n) is 4.73. The molecule has 0 fully saturated rings. The van der Waals surface area contributed by atoms with Gasteiger partial charge in [0.1, 0.15) is 0 Å². The summed E-state index contributed by atoms with van der Waals surface area (Å²) in [7, 11) is 0. The maximum absolute atomic E-state index is 4.29. The molecule has 0 radical (unpaired) electrons. The third-order valence-corrected chi connectivity index (χ3v) is 1.75. The summed E-state index contributed by atoms with van der Waals surface area (Å²) in [6, 6.07) is 0. The van der Waals surface area contributed by atoms with Crippen LogP contribution in [0, 0.1) is 0 Å². The molecule has 0 aromatic carbocycles. The van der Waals surface area contributed by atoms with Gasteiger partial charge in [0.2, 0.25) is 0 Å². The van der Waals surface area contributed by atoms with Crippen LogP contribution in [0.5, 0.6) is 0 Å². The maximum Gasteiger partial charge on any atom is 0.0400 e. The molecule has 1 heteroatoms. The van der Waals surface area contributed by atoms with E-state index in [2.05, 4.69) is 37.1 Å². The minimum absolute atomic E-state index is 0.970. The summed E-state index contributed by atoms with van der Waals surface area (Å²) in [6.45, 7) is 8.20. The van der Waals surface area contributed by atoms with Crippen LogP contribution in [0.3, 0.4) is 0 Å². The van der Waals surface area contributed by atoms with Crippen LogP contribution >= 0.6 is 0 Å². The van der Waals surface area contributed by atoms with Crippen molar-refractivity contribution in [3.63, 3.8) is 0 Å². The Hall–Kier alpha value is -1.11. The Balaban J connectivity index is 4.37. The average Bonchev–Trinajstić information content (AvgIpc) is 2.17. The lowest BCUT2D eigenvalue weighted by atomic mass is 10.2. The fourth-order valence-corrected chi connectivity index (χ4v) is 0.746. The first-order chi connectivity index (χ1) is 6.24. The van der Waals surface area contributed by atoms with Gasteiger partial charge in [-0.2, -0.15) is 0 Å². The first kappa shape index (κ1) is 11.9. The predicted octanol–water partition coefficient (Wildman–Crippen LogP) is 3.89. The van der Waals surface area contributed by atoms with Crippen LogP contribution in [0.15, 0.2) is 41.1 Å². The van der Waals surface area contributed by atoms with Crippen LogP contribution in [-0.2, 0) is 0 Å². The van der Waals surface area contributed by atoms with E-state index in [1.807, 2.05) is 26.1 Å². The molecule has 0 rings (SSSR count). The molecule has 13 heavy (non-hydrogen) atoms. The lowest BCUT2D eigenvalue weighted by Gasteiger charge is -1.93. The molecule has 0 heterocycles. The molecule has 0 aromatic rings.